The van der Waals surface area contributed by atoms with Crippen LogP contribution in [0.5, 0.6) is 0 Å². The average molecular weight is 173 g/mol. The van der Waals surface area contributed by atoms with Gasteiger partial charge < -0.3 is 5.73 Å². The molecule has 1 aromatic rings. The van der Waals surface area contributed by atoms with Gasteiger partial charge in [0.1, 0.15) is 5.84 Å². The molecule has 0 radical (unpaired) electrons. The number of hydrazone groups is 1. The number of benzene rings is 1. The van der Waals surface area contributed by atoms with E-state index in [9.17, 15) is 0 Å². The Balaban J connectivity index is 2.27. The predicted octanol–water partition coefficient (Wildman–Crippen LogP) is 1.68. The monoisotopic (exact) mass is 173 g/mol. The molecule has 0 unspecified atom stereocenters. The Hall–Kier alpha value is -1.77. The van der Waals surface area contributed by atoms with E-state index in [1.807, 2.05) is 42.6 Å². The van der Waals surface area contributed by atoms with Gasteiger partial charge in [0.05, 0.1) is 5.69 Å². The Morgan fingerprint density at radius 1 is 1.23 bits per heavy atom. The molecule has 0 saturated carbocycles. The molecular formula is C10H11N3. The summed E-state index contributed by atoms with van der Waals surface area (Å²) in [6.45, 7) is 0. The maximum absolute atomic E-state index is 5.62. The van der Waals surface area contributed by atoms with E-state index in [0.717, 1.165) is 12.1 Å². The first-order chi connectivity index (χ1) is 6.36. The molecular weight excluding hydrogens is 162 g/mol. The SMILES string of the molecule is NC1=NN(c2ccccc2)C=CC1. The lowest BCUT2D eigenvalue weighted by Crippen LogP contribution is -2.21. The van der Waals surface area contributed by atoms with Gasteiger partial charge in [-0.25, -0.2) is 5.01 Å². The number of para-hydroxylation sites is 1. The molecule has 3 nitrogen and oxygen atoms in total. The molecule has 2 rings (SSSR count). The molecule has 0 spiro atoms. The first kappa shape index (κ1) is 7.86. The van der Waals surface area contributed by atoms with Crippen molar-refractivity contribution in [1.29, 1.82) is 0 Å². The average Bonchev–Trinajstić information content (AvgIpc) is 2.19. The van der Waals surface area contributed by atoms with E-state index >= 15 is 0 Å². The van der Waals surface area contributed by atoms with E-state index in [4.69, 9.17) is 5.73 Å². The normalized spacial score (nSPS) is 15.7. The zero-order valence-electron chi connectivity index (χ0n) is 7.22. The van der Waals surface area contributed by atoms with Crippen LogP contribution >= 0.6 is 0 Å². The summed E-state index contributed by atoms with van der Waals surface area (Å²) in [4.78, 5) is 0. The Labute approximate surface area is 77.2 Å². The maximum atomic E-state index is 5.62. The highest BCUT2D eigenvalue weighted by Crippen LogP contribution is 2.16. The molecule has 0 atom stereocenters. The van der Waals surface area contributed by atoms with Crippen LogP contribution in [0.15, 0.2) is 47.7 Å². The molecule has 0 saturated heterocycles. The Kier molecular flexibility index (Phi) is 2.00. The fourth-order valence-electron chi connectivity index (χ4n) is 1.21. The van der Waals surface area contributed by atoms with Gasteiger partial charge in [-0.15, -0.1) is 0 Å². The molecule has 66 valence electrons. The van der Waals surface area contributed by atoms with Crippen molar-refractivity contribution >= 4 is 11.5 Å². The minimum atomic E-state index is 0.645. The summed E-state index contributed by atoms with van der Waals surface area (Å²) in [7, 11) is 0. The van der Waals surface area contributed by atoms with Crippen molar-refractivity contribution < 1.29 is 0 Å². The molecule has 0 aliphatic carbocycles. The van der Waals surface area contributed by atoms with Gasteiger partial charge in [0.2, 0.25) is 0 Å². The second-order valence-electron chi connectivity index (χ2n) is 2.86. The lowest BCUT2D eigenvalue weighted by molar-refractivity contribution is 1.02. The highest BCUT2D eigenvalue weighted by molar-refractivity contribution is 5.84. The summed E-state index contributed by atoms with van der Waals surface area (Å²) in [5.41, 5.74) is 6.65. The fourth-order valence-corrected chi connectivity index (χ4v) is 1.21. The number of nitrogens with zero attached hydrogens (tertiary/aromatic N) is 2. The van der Waals surface area contributed by atoms with Gasteiger partial charge in [-0.05, 0) is 12.1 Å². The van der Waals surface area contributed by atoms with Crippen molar-refractivity contribution in [1.82, 2.24) is 0 Å². The molecule has 1 aliphatic heterocycles. The topological polar surface area (TPSA) is 41.6 Å². The van der Waals surface area contributed by atoms with Gasteiger partial charge in [0.15, 0.2) is 0 Å². The van der Waals surface area contributed by atoms with Crippen LogP contribution in [0.3, 0.4) is 0 Å². The largest absolute Gasteiger partial charge is 0.385 e. The van der Waals surface area contributed by atoms with Gasteiger partial charge in [-0.3, -0.25) is 0 Å². The standard InChI is InChI=1S/C10H11N3/c11-10-7-4-8-13(12-10)9-5-2-1-3-6-9/h1-6,8H,7H2,(H2,11,12). The molecule has 3 heteroatoms. The Morgan fingerprint density at radius 3 is 2.69 bits per heavy atom. The van der Waals surface area contributed by atoms with E-state index in [0.29, 0.717) is 5.84 Å². The number of amidine groups is 1. The lowest BCUT2D eigenvalue weighted by atomic mass is 10.3. The van der Waals surface area contributed by atoms with Crippen LogP contribution in [-0.4, -0.2) is 5.84 Å². The van der Waals surface area contributed by atoms with Crippen LogP contribution in [0.2, 0.25) is 0 Å². The third-order valence-electron chi connectivity index (χ3n) is 1.83. The van der Waals surface area contributed by atoms with Crippen molar-refractivity contribution in [3.63, 3.8) is 0 Å². The molecule has 1 aliphatic rings. The molecule has 2 N–H and O–H groups in total. The number of hydrogen-bond donors (Lipinski definition) is 1. The summed E-state index contributed by atoms with van der Waals surface area (Å²) >= 11 is 0. The van der Waals surface area contributed by atoms with Gasteiger partial charge in [-0.1, -0.05) is 24.3 Å². The van der Waals surface area contributed by atoms with Gasteiger partial charge in [0, 0.05) is 12.6 Å². The van der Waals surface area contributed by atoms with E-state index in [1.54, 1.807) is 5.01 Å². The highest BCUT2D eigenvalue weighted by Gasteiger charge is 2.04. The Morgan fingerprint density at radius 2 is 2.00 bits per heavy atom. The predicted molar refractivity (Wildman–Crippen MR) is 54.3 cm³/mol. The van der Waals surface area contributed by atoms with Crippen molar-refractivity contribution in [2.45, 2.75) is 6.42 Å². The van der Waals surface area contributed by atoms with Crippen molar-refractivity contribution in [3.05, 3.63) is 42.6 Å². The third kappa shape index (κ3) is 1.69. The van der Waals surface area contributed by atoms with E-state index < -0.39 is 0 Å². The number of anilines is 1. The summed E-state index contributed by atoms with van der Waals surface area (Å²) in [6.07, 6.45) is 4.66. The molecule has 0 aromatic heterocycles. The van der Waals surface area contributed by atoms with Crippen LogP contribution in [0.4, 0.5) is 5.69 Å². The molecule has 0 amide bonds. The van der Waals surface area contributed by atoms with Crippen LogP contribution in [0.1, 0.15) is 6.42 Å². The summed E-state index contributed by atoms with van der Waals surface area (Å²) in [5.74, 6) is 0.645. The second-order valence-corrected chi connectivity index (χ2v) is 2.86. The van der Waals surface area contributed by atoms with Crippen molar-refractivity contribution in [2.75, 3.05) is 5.01 Å². The van der Waals surface area contributed by atoms with Crippen molar-refractivity contribution in [2.24, 2.45) is 10.8 Å². The van der Waals surface area contributed by atoms with E-state index in [1.165, 1.54) is 0 Å². The molecule has 13 heavy (non-hydrogen) atoms. The lowest BCUT2D eigenvalue weighted by Gasteiger charge is -2.17. The van der Waals surface area contributed by atoms with Crippen molar-refractivity contribution in [3.8, 4) is 0 Å². The minimum absolute atomic E-state index is 0.645. The zero-order chi connectivity index (χ0) is 9.10. The van der Waals surface area contributed by atoms with Crippen LogP contribution in [0, 0.1) is 0 Å². The quantitative estimate of drug-likeness (QED) is 0.702. The molecule has 1 heterocycles. The number of nitrogens with two attached hydrogens (primary N) is 1. The smallest absolute Gasteiger partial charge is 0.124 e. The maximum Gasteiger partial charge on any atom is 0.124 e. The molecule has 0 fully saturated rings. The van der Waals surface area contributed by atoms with Gasteiger partial charge in [-0.2, -0.15) is 5.10 Å². The summed E-state index contributed by atoms with van der Waals surface area (Å²) in [6, 6.07) is 9.91. The first-order valence-electron chi connectivity index (χ1n) is 4.20. The van der Waals surface area contributed by atoms with Crippen LogP contribution in [-0.2, 0) is 0 Å². The van der Waals surface area contributed by atoms with E-state index in [-0.39, 0.29) is 0 Å². The Bertz CT molecular complexity index is 340. The number of hydrogen-bond acceptors (Lipinski definition) is 3. The van der Waals surface area contributed by atoms with Crippen LogP contribution < -0.4 is 10.7 Å². The highest BCUT2D eigenvalue weighted by atomic mass is 15.5. The minimum Gasteiger partial charge on any atom is -0.385 e. The van der Waals surface area contributed by atoms with Gasteiger partial charge >= 0.3 is 0 Å². The summed E-state index contributed by atoms with van der Waals surface area (Å²) < 4.78 is 0. The van der Waals surface area contributed by atoms with Gasteiger partial charge in [0.25, 0.3) is 0 Å². The summed E-state index contributed by atoms with van der Waals surface area (Å²) in [5, 5.41) is 5.97. The second kappa shape index (κ2) is 3.31. The molecule has 0 bridgehead atoms. The molecule has 1 aromatic carbocycles. The van der Waals surface area contributed by atoms with E-state index in [2.05, 4.69) is 5.10 Å². The fraction of sp³-hybridized carbons (Fsp3) is 0.100. The van der Waals surface area contributed by atoms with Crippen LogP contribution in [0.25, 0.3) is 0 Å². The first-order valence-corrected chi connectivity index (χ1v) is 4.20. The third-order valence-corrected chi connectivity index (χ3v) is 1.83. The number of rotatable bonds is 1. The zero-order valence-corrected chi connectivity index (χ0v) is 7.22.